The molecule has 0 spiro atoms. The van der Waals surface area contributed by atoms with E-state index in [-0.39, 0.29) is 11.4 Å². The van der Waals surface area contributed by atoms with Crippen LogP contribution in [-0.4, -0.2) is 19.5 Å². The minimum absolute atomic E-state index is 0.0672. The normalized spacial score (nSPS) is 15.0. The molecule has 0 unspecified atom stereocenters. The number of fused-ring (bicyclic) bond motifs is 1. The van der Waals surface area contributed by atoms with Crippen molar-refractivity contribution >= 4 is 32.6 Å². The smallest absolute Gasteiger partial charge is 0.343 e. The van der Waals surface area contributed by atoms with Crippen LogP contribution in [0.15, 0.2) is 72.7 Å². The second-order valence-electron chi connectivity index (χ2n) is 8.11. The number of anilines is 1. The Labute approximate surface area is 187 Å². The minimum atomic E-state index is -4.06. The summed E-state index contributed by atoms with van der Waals surface area (Å²) >= 11 is 0. The molecule has 7 nitrogen and oxygen atoms in total. The molecule has 1 heterocycles. The van der Waals surface area contributed by atoms with E-state index in [0.717, 1.165) is 39.7 Å². The number of aliphatic hydroxyl groups is 1. The van der Waals surface area contributed by atoms with Crippen molar-refractivity contribution in [1.82, 2.24) is 4.72 Å². The molecule has 8 heteroatoms. The quantitative estimate of drug-likeness (QED) is 0.419. The van der Waals surface area contributed by atoms with Crippen LogP contribution in [-0.2, 0) is 16.6 Å². The van der Waals surface area contributed by atoms with Crippen LogP contribution in [0.3, 0.4) is 0 Å². The number of carbonyl (C=O) groups is 1. The highest BCUT2D eigenvalue weighted by atomic mass is 32.2. The van der Waals surface area contributed by atoms with Gasteiger partial charge in [0.05, 0.1) is 11.8 Å². The Morgan fingerprint density at radius 2 is 1.81 bits per heavy atom. The van der Waals surface area contributed by atoms with Crippen molar-refractivity contribution in [3.05, 3.63) is 83.9 Å². The van der Waals surface area contributed by atoms with Crippen LogP contribution in [0, 0.1) is 5.92 Å². The van der Waals surface area contributed by atoms with Gasteiger partial charge in [-0.1, -0.05) is 50.2 Å². The average molecular weight is 453 g/mol. The first kappa shape index (κ1) is 21.7. The lowest BCUT2D eigenvalue weighted by molar-refractivity contribution is 0.0735. The summed E-state index contributed by atoms with van der Waals surface area (Å²) in [6.45, 7) is 4.33. The van der Waals surface area contributed by atoms with E-state index in [1.54, 1.807) is 42.5 Å². The highest BCUT2D eigenvalue weighted by molar-refractivity contribution is 7.91. The predicted octanol–water partition coefficient (Wildman–Crippen LogP) is 4.66. The Morgan fingerprint density at radius 1 is 1.06 bits per heavy atom. The van der Waals surface area contributed by atoms with Crippen molar-refractivity contribution in [2.45, 2.75) is 26.7 Å². The summed E-state index contributed by atoms with van der Waals surface area (Å²) in [4.78, 5) is 12.7. The second kappa shape index (κ2) is 8.55. The summed E-state index contributed by atoms with van der Waals surface area (Å²) in [6.07, 6.45) is 2.98. The number of aliphatic hydroxyl groups excluding tert-OH is 1. The van der Waals surface area contributed by atoms with E-state index in [1.165, 1.54) is 0 Å². The topological polar surface area (TPSA) is 95.9 Å². The van der Waals surface area contributed by atoms with E-state index in [1.807, 2.05) is 22.9 Å². The molecule has 0 radical (unpaired) electrons. The molecule has 4 rings (SSSR count). The fourth-order valence-corrected chi connectivity index (χ4v) is 4.55. The van der Waals surface area contributed by atoms with Gasteiger partial charge in [-0.05, 0) is 59.4 Å². The van der Waals surface area contributed by atoms with Crippen LogP contribution in [0.4, 0.5) is 5.69 Å². The molecule has 1 aliphatic rings. The summed E-state index contributed by atoms with van der Waals surface area (Å²) in [5.74, 6) is -0.499. The third-order valence-corrected chi connectivity index (χ3v) is 6.46. The van der Waals surface area contributed by atoms with Crippen molar-refractivity contribution < 1.29 is 23.1 Å². The summed E-state index contributed by atoms with van der Waals surface area (Å²) in [5.41, 5.74) is 1.59. The third kappa shape index (κ3) is 4.55. The molecule has 0 atom stereocenters. The van der Waals surface area contributed by atoms with Gasteiger partial charge in [-0.3, -0.25) is 0 Å². The van der Waals surface area contributed by atoms with E-state index in [9.17, 15) is 18.3 Å². The highest BCUT2D eigenvalue weighted by Gasteiger charge is 2.32. The highest BCUT2D eigenvalue weighted by Crippen LogP contribution is 2.37. The molecule has 32 heavy (non-hydrogen) atoms. The van der Waals surface area contributed by atoms with Crippen molar-refractivity contribution in [3.8, 4) is 5.75 Å². The zero-order valence-corrected chi connectivity index (χ0v) is 18.6. The summed E-state index contributed by atoms with van der Waals surface area (Å²) in [5, 5.41) is 11.4. The minimum Gasteiger partial charge on any atom is -0.493 e. The van der Waals surface area contributed by atoms with Gasteiger partial charge in [0.1, 0.15) is 5.69 Å². The van der Waals surface area contributed by atoms with Crippen LogP contribution >= 0.6 is 0 Å². The van der Waals surface area contributed by atoms with E-state index in [0.29, 0.717) is 11.5 Å². The largest absolute Gasteiger partial charge is 0.493 e. The van der Waals surface area contributed by atoms with E-state index >= 15 is 0 Å². The lowest BCUT2D eigenvalue weighted by Gasteiger charge is -2.19. The summed E-state index contributed by atoms with van der Waals surface area (Å²) in [7, 11) is -4.06. The van der Waals surface area contributed by atoms with Crippen molar-refractivity contribution in [2.75, 3.05) is 4.31 Å². The number of esters is 1. The SMILES string of the molecule is CC(C)CCc1ccc2cc(OC(=O)c3ccccc3)c(N3C=C(O)NS3(=O)=O)cc2c1. The zero-order valence-electron chi connectivity index (χ0n) is 17.8. The standard InChI is InChI=1S/C24H24N2O5S/c1-16(2)8-9-17-10-11-19-14-22(31-24(28)18-6-4-3-5-7-18)21(13-20(19)12-17)26-15-23(27)25-32(26,29)30/h3-7,10-16,25,27H,8-9H2,1-2H3. The Morgan fingerprint density at radius 3 is 2.47 bits per heavy atom. The number of nitrogens with one attached hydrogen (secondary N) is 1. The van der Waals surface area contributed by atoms with Crippen LogP contribution < -0.4 is 13.8 Å². The Hall–Kier alpha value is -3.52. The molecule has 0 aliphatic carbocycles. The number of rotatable bonds is 6. The number of aryl methyl sites for hydroxylation is 1. The maximum atomic E-state index is 12.7. The maximum Gasteiger partial charge on any atom is 0.343 e. The van der Waals surface area contributed by atoms with Crippen LogP contribution in [0.5, 0.6) is 5.75 Å². The van der Waals surface area contributed by atoms with Gasteiger partial charge in [0, 0.05) is 0 Å². The number of nitrogens with zero attached hydrogens (tertiary/aromatic N) is 1. The molecule has 3 aromatic carbocycles. The third-order valence-electron chi connectivity index (χ3n) is 5.17. The number of hydrogen-bond donors (Lipinski definition) is 2. The molecular weight excluding hydrogens is 428 g/mol. The van der Waals surface area contributed by atoms with Gasteiger partial charge in [0.25, 0.3) is 0 Å². The van der Waals surface area contributed by atoms with Crippen molar-refractivity contribution in [3.63, 3.8) is 0 Å². The second-order valence-corrected chi connectivity index (χ2v) is 9.65. The van der Waals surface area contributed by atoms with Crippen LogP contribution in [0.2, 0.25) is 0 Å². The lowest BCUT2D eigenvalue weighted by atomic mass is 9.99. The average Bonchev–Trinajstić information content (AvgIpc) is 3.04. The first-order valence-electron chi connectivity index (χ1n) is 10.3. The monoisotopic (exact) mass is 452 g/mol. The van der Waals surface area contributed by atoms with E-state index < -0.39 is 22.1 Å². The fraction of sp³-hybridized carbons (Fsp3) is 0.208. The summed E-state index contributed by atoms with van der Waals surface area (Å²) < 4.78 is 33.5. The molecule has 0 aromatic heterocycles. The van der Waals surface area contributed by atoms with E-state index in [4.69, 9.17) is 4.74 Å². The van der Waals surface area contributed by atoms with Gasteiger partial charge in [-0.25, -0.2) is 13.8 Å². The molecule has 166 valence electrons. The van der Waals surface area contributed by atoms with Gasteiger partial charge in [-0.2, -0.15) is 8.42 Å². The van der Waals surface area contributed by atoms with Crippen LogP contribution in [0.1, 0.15) is 36.2 Å². The summed E-state index contributed by atoms with van der Waals surface area (Å²) in [6, 6.07) is 17.7. The predicted molar refractivity (Wildman–Crippen MR) is 124 cm³/mol. The Kier molecular flexibility index (Phi) is 5.80. The number of carbonyl (C=O) groups excluding carboxylic acids is 1. The zero-order chi connectivity index (χ0) is 22.9. The molecule has 0 saturated carbocycles. The Bertz CT molecular complexity index is 1300. The van der Waals surface area contributed by atoms with Gasteiger partial charge >= 0.3 is 16.2 Å². The molecular formula is C24H24N2O5S. The van der Waals surface area contributed by atoms with Gasteiger partial charge in [-0.15, -0.1) is 0 Å². The molecule has 3 aromatic rings. The van der Waals surface area contributed by atoms with Crippen molar-refractivity contribution in [2.24, 2.45) is 5.92 Å². The molecule has 0 fully saturated rings. The number of hydrogen-bond acceptors (Lipinski definition) is 5. The maximum absolute atomic E-state index is 12.7. The number of benzene rings is 3. The Balaban J connectivity index is 1.80. The van der Waals surface area contributed by atoms with Crippen LogP contribution in [0.25, 0.3) is 10.8 Å². The lowest BCUT2D eigenvalue weighted by Crippen LogP contribution is -2.30. The molecule has 1 aliphatic heterocycles. The van der Waals surface area contributed by atoms with Gasteiger partial charge < -0.3 is 9.84 Å². The fourth-order valence-electron chi connectivity index (χ4n) is 3.50. The van der Waals surface area contributed by atoms with Crippen molar-refractivity contribution in [1.29, 1.82) is 0 Å². The molecule has 0 saturated heterocycles. The van der Waals surface area contributed by atoms with E-state index in [2.05, 4.69) is 13.8 Å². The number of ether oxygens (including phenoxy) is 1. The van der Waals surface area contributed by atoms with Gasteiger partial charge in [0.15, 0.2) is 5.75 Å². The first-order valence-corrected chi connectivity index (χ1v) is 11.7. The molecule has 0 amide bonds. The molecule has 2 N–H and O–H groups in total. The first-order chi connectivity index (χ1) is 15.2. The molecule has 0 bridgehead atoms. The van der Waals surface area contributed by atoms with Gasteiger partial charge in [0.2, 0.25) is 5.88 Å².